The minimum atomic E-state index is -0.729. The molecule has 0 unspecified atom stereocenters. The first kappa shape index (κ1) is 21.8. The van der Waals surface area contributed by atoms with Gasteiger partial charge in [0.2, 0.25) is 5.91 Å². The van der Waals surface area contributed by atoms with E-state index in [0.717, 1.165) is 21.8 Å². The van der Waals surface area contributed by atoms with E-state index in [-0.39, 0.29) is 23.8 Å². The van der Waals surface area contributed by atoms with Crippen molar-refractivity contribution in [2.24, 2.45) is 0 Å². The van der Waals surface area contributed by atoms with Crippen molar-refractivity contribution in [1.29, 1.82) is 0 Å². The van der Waals surface area contributed by atoms with Gasteiger partial charge in [-0.25, -0.2) is 4.98 Å². The van der Waals surface area contributed by atoms with Crippen molar-refractivity contribution in [1.82, 2.24) is 14.9 Å². The van der Waals surface area contributed by atoms with E-state index in [1.807, 2.05) is 18.2 Å². The van der Waals surface area contributed by atoms with E-state index >= 15 is 0 Å². The minimum Gasteiger partial charge on any atom is -0.392 e. The number of amides is 1. The number of halogens is 2. The Morgan fingerprint density at radius 2 is 2.10 bits per heavy atom. The van der Waals surface area contributed by atoms with Gasteiger partial charge in [0.25, 0.3) is 5.56 Å². The number of aromatic nitrogens is 2. The number of aliphatic hydroxyl groups is 1. The van der Waals surface area contributed by atoms with E-state index < -0.39 is 6.10 Å². The van der Waals surface area contributed by atoms with E-state index in [1.54, 1.807) is 31.2 Å². The standard InChI is InChI=1S/C20H19BrClN3O3S/c1-12(26)10-25-19(28)15-8-14(21)6-7-17(15)24-20(25)29-11-18(27)23-9-13-4-2-3-5-16(13)22/h2-8,12,26H,9-11H2,1H3,(H,23,27)/t12-/m0/s1. The van der Waals surface area contributed by atoms with Gasteiger partial charge in [0.1, 0.15) is 0 Å². The van der Waals surface area contributed by atoms with Gasteiger partial charge in [-0.05, 0) is 36.8 Å². The third-order valence-corrected chi connectivity index (χ3v) is 5.93. The lowest BCUT2D eigenvalue weighted by molar-refractivity contribution is -0.118. The largest absolute Gasteiger partial charge is 0.392 e. The highest BCUT2D eigenvalue weighted by Gasteiger charge is 2.15. The lowest BCUT2D eigenvalue weighted by Crippen LogP contribution is -2.29. The van der Waals surface area contributed by atoms with Crippen LogP contribution in [0.15, 0.2) is 56.9 Å². The molecule has 0 radical (unpaired) electrons. The van der Waals surface area contributed by atoms with Gasteiger partial charge in [0, 0.05) is 16.0 Å². The van der Waals surface area contributed by atoms with E-state index in [0.29, 0.717) is 27.6 Å². The summed E-state index contributed by atoms with van der Waals surface area (Å²) in [6.07, 6.45) is -0.729. The molecule has 1 amide bonds. The monoisotopic (exact) mass is 495 g/mol. The molecular formula is C20H19BrClN3O3S. The lowest BCUT2D eigenvalue weighted by atomic mass is 10.2. The molecule has 0 bridgehead atoms. The third-order valence-electron chi connectivity index (χ3n) is 4.09. The van der Waals surface area contributed by atoms with Crippen LogP contribution in [-0.2, 0) is 17.9 Å². The molecule has 1 heterocycles. The Kier molecular flexibility index (Phi) is 7.34. The third kappa shape index (κ3) is 5.60. The SMILES string of the molecule is C[C@H](O)Cn1c(SCC(=O)NCc2ccccc2Cl)nc2ccc(Br)cc2c1=O. The van der Waals surface area contributed by atoms with Crippen LogP contribution in [0.25, 0.3) is 10.9 Å². The molecule has 0 saturated carbocycles. The van der Waals surface area contributed by atoms with Crippen LogP contribution in [0, 0.1) is 0 Å². The fourth-order valence-corrected chi connectivity index (χ4v) is 4.13. The fourth-order valence-electron chi connectivity index (χ4n) is 2.72. The number of nitrogens with one attached hydrogen (secondary N) is 1. The van der Waals surface area contributed by atoms with E-state index in [4.69, 9.17) is 11.6 Å². The van der Waals surface area contributed by atoms with Crippen molar-refractivity contribution in [3.63, 3.8) is 0 Å². The van der Waals surface area contributed by atoms with Crippen LogP contribution < -0.4 is 10.9 Å². The van der Waals surface area contributed by atoms with E-state index in [2.05, 4.69) is 26.2 Å². The summed E-state index contributed by atoms with van der Waals surface area (Å²) in [7, 11) is 0. The molecule has 3 aromatic rings. The number of fused-ring (bicyclic) bond motifs is 1. The smallest absolute Gasteiger partial charge is 0.262 e. The molecule has 0 fully saturated rings. The number of rotatable bonds is 7. The highest BCUT2D eigenvalue weighted by molar-refractivity contribution is 9.10. The van der Waals surface area contributed by atoms with Gasteiger partial charge in [-0.1, -0.05) is 57.5 Å². The molecule has 0 spiro atoms. The Morgan fingerprint density at radius 1 is 1.34 bits per heavy atom. The molecule has 152 valence electrons. The van der Waals surface area contributed by atoms with Crippen LogP contribution in [0.3, 0.4) is 0 Å². The first-order valence-corrected chi connectivity index (χ1v) is 11.0. The van der Waals surface area contributed by atoms with Crippen LogP contribution in [0.1, 0.15) is 12.5 Å². The van der Waals surface area contributed by atoms with Crippen LogP contribution in [-0.4, -0.2) is 32.4 Å². The van der Waals surface area contributed by atoms with Crippen LogP contribution >= 0.6 is 39.3 Å². The van der Waals surface area contributed by atoms with Crippen molar-refractivity contribution in [2.75, 3.05) is 5.75 Å². The van der Waals surface area contributed by atoms with Crippen molar-refractivity contribution < 1.29 is 9.90 Å². The second-order valence-corrected chi connectivity index (χ2v) is 8.74. The average molecular weight is 497 g/mol. The Balaban J connectivity index is 1.77. The molecule has 6 nitrogen and oxygen atoms in total. The topological polar surface area (TPSA) is 84.2 Å². The summed E-state index contributed by atoms with van der Waals surface area (Å²) >= 11 is 10.6. The van der Waals surface area contributed by atoms with Crippen molar-refractivity contribution in [2.45, 2.75) is 31.3 Å². The molecule has 29 heavy (non-hydrogen) atoms. The Morgan fingerprint density at radius 3 is 2.83 bits per heavy atom. The van der Waals surface area contributed by atoms with Crippen LogP contribution in [0.2, 0.25) is 5.02 Å². The van der Waals surface area contributed by atoms with Gasteiger partial charge >= 0.3 is 0 Å². The summed E-state index contributed by atoms with van der Waals surface area (Å²) in [5, 5.41) is 14.0. The van der Waals surface area contributed by atoms with Crippen LogP contribution in [0.4, 0.5) is 0 Å². The molecule has 9 heteroatoms. The zero-order valence-corrected chi connectivity index (χ0v) is 18.7. The Labute approximate surface area is 185 Å². The van der Waals surface area contributed by atoms with Crippen molar-refractivity contribution in [3.8, 4) is 0 Å². The highest BCUT2D eigenvalue weighted by Crippen LogP contribution is 2.21. The van der Waals surface area contributed by atoms with Crippen molar-refractivity contribution >= 4 is 56.1 Å². The number of nitrogens with zero attached hydrogens (tertiary/aromatic N) is 2. The zero-order valence-electron chi connectivity index (χ0n) is 15.6. The van der Waals surface area contributed by atoms with E-state index in [9.17, 15) is 14.7 Å². The molecule has 0 aliphatic heterocycles. The van der Waals surface area contributed by atoms with Gasteiger partial charge in [0.05, 0.1) is 29.3 Å². The summed E-state index contributed by atoms with van der Waals surface area (Å²) in [6, 6.07) is 12.5. The summed E-state index contributed by atoms with van der Waals surface area (Å²) in [5.41, 5.74) is 1.11. The quantitative estimate of drug-likeness (QED) is 0.386. The minimum absolute atomic E-state index is 0.0821. The number of carbonyl (C=O) groups excluding carboxylic acids is 1. The number of benzene rings is 2. The summed E-state index contributed by atoms with van der Waals surface area (Å²) in [5.74, 6) is -0.123. The Hall–Kier alpha value is -1.87. The maximum Gasteiger partial charge on any atom is 0.262 e. The molecule has 0 saturated heterocycles. The number of hydrogen-bond acceptors (Lipinski definition) is 5. The van der Waals surface area contributed by atoms with Gasteiger partial charge in [0.15, 0.2) is 5.16 Å². The van der Waals surface area contributed by atoms with Gasteiger partial charge in [-0.15, -0.1) is 0 Å². The van der Waals surface area contributed by atoms with E-state index in [1.165, 1.54) is 4.57 Å². The number of carbonyl (C=O) groups is 1. The zero-order chi connectivity index (χ0) is 21.0. The first-order valence-electron chi connectivity index (χ1n) is 8.86. The second kappa shape index (κ2) is 9.75. The number of hydrogen-bond donors (Lipinski definition) is 2. The summed E-state index contributed by atoms with van der Waals surface area (Å²) in [6.45, 7) is 2.01. The normalized spacial score (nSPS) is 12.1. The predicted octanol–water partition coefficient (Wildman–Crippen LogP) is 3.60. The Bertz CT molecular complexity index is 1100. The molecule has 2 N–H and O–H groups in total. The first-order chi connectivity index (χ1) is 13.8. The summed E-state index contributed by atoms with van der Waals surface area (Å²) in [4.78, 5) is 29.7. The highest BCUT2D eigenvalue weighted by atomic mass is 79.9. The van der Waals surface area contributed by atoms with Crippen molar-refractivity contribution in [3.05, 3.63) is 67.9 Å². The fraction of sp³-hybridized carbons (Fsp3) is 0.250. The molecule has 0 aliphatic rings. The molecule has 0 aliphatic carbocycles. The van der Waals surface area contributed by atoms with Crippen LogP contribution in [0.5, 0.6) is 0 Å². The molecular weight excluding hydrogens is 478 g/mol. The maximum atomic E-state index is 12.9. The van der Waals surface area contributed by atoms with Gasteiger partial charge in [-0.3, -0.25) is 14.2 Å². The van der Waals surface area contributed by atoms with Gasteiger partial charge < -0.3 is 10.4 Å². The predicted molar refractivity (Wildman–Crippen MR) is 119 cm³/mol. The molecule has 1 aromatic heterocycles. The second-order valence-electron chi connectivity index (χ2n) is 6.48. The lowest BCUT2D eigenvalue weighted by Gasteiger charge is -2.14. The maximum absolute atomic E-state index is 12.9. The number of thioether (sulfide) groups is 1. The number of aliphatic hydroxyl groups excluding tert-OH is 1. The summed E-state index contributed by atoms with van der Waals surface area (Å²) < 4.78 is 2.18. The molecule has 3 rings (SSSR count). The molecule has 2 aromatic carbocycles. The molecule has 1 atom stereocenters. The average Bonchev–Trinajstić information content (AvgIpc) is 2.68. The van der Waals surface area contributed by atoms with Gasteiger partial charge in [-0.2, -0.15) is 0 Å².